The van der Waals surface area contributed by atoms with E-state index in [0.717, 1.165) is 6.07 Å². The first-order valence-electron chi connectivity index (χ1n) is 8.65. The third kappa shape index (κ3) is 5.49. The molecular weight excluding hydrogens is 380 g/mol. The number of nitrogens with zero attached hydrogens (tertiary/aromatic N) is 3. The number of amides is 1. The minimum Gasteiger partial charge on any atom is -0.493 e. The first kappa shape index (κ1) is 21.8. The zero-order chi connectivity index (χ0) is 20.7. The van der Waals surface area contributed by atoms with Crippen molar-refractivity contribution in [3.8, 4) is 11.5 Å². The highest BCUT2D eigenvalue weighted by Gasteiger charge is 2.30. The summed E-state index contributed by atoms with van der Waals surface area (Å²) >= 11 is 0. The van der Waals surface area contributed by atoms with Gasteiger partial charge in [0.05, 0.1) is 31.3 Å². The number of benzene rings is 1. The van der Waals surface area contributed by atoms with Gasteiger partial charge in [0, 0.05) is 39.4 Å². The molecule has 1 fully saturated rings. The van der Waals surface area contributed by atoms with E-state index >= 15 is 0 Å². The summed E-state index contributed by atoms with van der Waals surface area (Å²) in [6.07, 6.45) is -2.45. The Labute approximate surface area is 160 Å². The number of hydrogen-bond acceptors (Lipinski definition) is 7. The van der Waals surface area contributed by atoms with Gasteiger partial charge in [-0.3, -0.25) is 19.8 Å². The summed E-state index contributed by atoms with van der Waals surface area (Å²) in [4.78, 5) is 26.6. The minimum absolute atomic E-state index is 0.129. The van der Waals surface area contributed by atoms with E-state index in [-0.39, 0.29) is 63.0 Å². The number of carbonyl (C=O) groups is 1. The van der Waals surface area contributed by atoms with Crippen LogP contribution in [0.5, 0.6) is 11.5 Å². The Balaban J connectivity index is 2.21. The Hall–Kier alpha value is -2.53. The van der Waals surface area contributed by atoms with Crippen molar-refractivity contribution < 1.29 is 32.7 Å². The fourth-order valence-electron chi connectivity index (χ4n) is 2.88. The molecule has 1 saturated heterocycles. The van der Waals surface area contributed by atoms with Crippen LogP contribution in [0.4, 0.5) is 14.5 Å². The summed E-state index contributed by atoms with van der Waals surface area (Å²) in [6, 6.07) is 2.42. The van der Waals surface area contributed by atoms with Crippen molar-refractivity contribution in [2.45, 2.75) is 6.43 Å². The molecule has 0 atom stereocenters. The molecule has 28 heavy (non-hydrogen) atoms. The zero-order valence-electron chi connectivity index (χ0n) is 15.7. The molecule has 0 unspecified atom stereocenters. The third-order valence-corrected chi connectivity index (χ3v) is 4.31. The number of alkyl halides is 2. The van der Waals surface area contributed by atoms with Crippen molar-refractivity contribution in [2.75, 3.05) is 60.2 Å². The Bertz CT molecular complexity index is 696. The van der Waals surface area contributed by atoms with Gasteiger partial charge in [-0.1, -0.05) is 0 Å². The highest BCUT2D eigenvalue weighted by molar-refractivity contribution is 5.99. The molecule has 9 nitrogen and oxygen atoms in total. The number of methoxy groups -OCH3 is 2. The molecule has 11 heteroatoms. The number of hydrogen-bond donors (Lipinski definition) is 0. The molecule has 1 aliphatic rings. The molecule has 0 N–H and O–H groups in total. The zero-order valence-corrected chi connectivity index (χ0v) is 15.7. The van der Waals surface area contributed by atoms with E-state index in [1.165, 1.54) is 25.2 Å². The standard InChI is InChI=1S/C17H23F2N3O6/c1-26-7-8-28-15-10-13(22(24)25)12(9-14(15)27-2)17(23)21-5-3-20(4-6-21)11-16(18)19/h9-10,16H,3-8,11H2,1-2H3. The Morgan fingerprint density at radius 1 is 1.18 bits per heavy atom. The molecule has 1 aromatic rings. The molecule has 1 amide bonds. The molecule has 0 aromatic heterocycles. The van der Waals surface area contributed by atoms with E-state index in [9.17, 15) is 23.7 Å². The van der Waals surface area contributed by atoms with Crippen molar-refractivity contribution >= 4 is 11.6 Å². The van der Waals surface area contributed by atoms with Crippen molar-refractivity contribution in [3.63, 3.8) is 0 Å². The van der Waals surface area contributed by atoms with Crippen LogP contribution in [0.3, 0.4) is 0 Å². The van der Waals surface area contributed by atoms with Crippen LogP contribution in [0, 0.1) is 10.1 Å². The topological polar surface area (TPSA) is 94.4 Å². The average Bonchev–Trinajstić information content (AvgIpc) is 2.67. The Morgan fingerprint density at radius 3 is 2.39 bits per heavy atom. The van der Waals surface area contributed by atoms with Crippen LogP contribution in [0.2, 0.25) is 0 Å². The van der Waals surface area contributed by atoms with Crippen LogP contribution in [0.25, 0.3) is 0 Å². The van der Waals surface area contributed by atoms with Crippen molar-refractivity contribution in [1.82, 2.24) is 9.80 Å². The van der Waals surface area contributed by atoms with E-state index in [0.29, 0.717) is 0 Å². The van der Waals surface area contributed by atoms with Crippen LogP contribution in [-0.4, -0.2) is 87.2 Å². The van der Waals surface area contributed by atoms with Crippen molar-refractivity contribution in [3.05, 3.63) is 27.8 Å². The highest BCUT2D eigenvalue weighted by atomic mass is 19.3. The summed E-state index contributed by atoms with van der Waals surface area (Å²) in [5, 5.41) is 11.5. The third-order valence-electron chi connectivity index (χ3n) is 4.31. The molecule has 1 aliphatic heterocycles. The SMILES string of the molecule is COCCOc1cc([N+](=O)[O-])c(C(=O)N2CCN(CC(F)F)CC2)cc1OC. The van der Waals surface area contributed by atoms with Gasteiger partial charge >= 0.3 is 0 Å². The normalized spacial score (nSPS) is 15.0. The second-order valence-corrected chi connectivity index (χ2v) is 6.10. The van der Waals surface area contributed by atoms with Gasteiger partial charge in [0.15, 0.2) is 11.5 Å². The fourth-order valence-corrected chi connectivity index (χ4v) is 2.88. The van der Waals surface area contributed by atoms with Crippen LogP contribution in [0.15, 0.2) is 12.1 Å². The van der Waals surface area contributed by atoms with Gasteiger partial charge < -0.3 is 19.1 Å². The lowest BCUT2D eigenvalue weighted by molar-refractivity contribution is -0.385. The lowest BCUT2D eigenvalue weighted by Gasteiger charge is -2.34. The molecule has 0 radical (unpaired) electrons. The molecule has 0 bridgehead atoms. The maximum Gasteiger partial charge on any atom is 0.286 e. The maximum absolute atomic E-state index is 12.8. The fraction of sp³-hybridized carbons (Fsp3) is 0.588. The Morgan fingerprint density at radius 2 is 1.86 bits per heavy atom. The van der Waals surface area contributed by atoms with Gasteiger partial charge in [-0.2, -0.15) is 0 Å². The average molecular weight is 403 g/mol. The number of nitro groups is 1. The van der Waals surface area contributed by atoms with Gasteiger partial charge in [0.25, 0.3) is 18.0 Å². The number of piperazine rings is 1. The van der Waals surface area contributed by atoms with E-state index < -0.39 is 22.9 Å². The van der Waals surface area contributed by atoms with Crippen LogP contribution in [-0.2, 0) is 4.74 Å². The molecule has 156 valence electrons. The predicted octanol–water partition coefficient (Wildman–Crippen LogP) is 1.65. The summed E-state index contributed by atoms with van der Waals surface area (Å²) in [5.41, 5.74) is -0.545. The Kier molecular flexibility index (Phi) is 7.88. The molecule has 0 aliphatic carbocycles. The number of halogens is 2. The largest absolute Gasteiger partial charge is 0.493 e. The number of carbonyl (C=O) groups excluding carboxylic acids is 1. The predicted molar refractivity (Wildman–Crippen MR) is 95.4 cm³/mol. The molecular formula is C17H23F2N3O6. The highest BCUT2D eigenvalue weighted by Crippen LogP contribution is 2.35. The van der Waals surface area contributed by atoms with Gasteiger partial charge in [-0.15, -0.1) is 0 Å². The molecule has 2 rings (SSSR count). The quantitative estimate of drug-likeness (QED) is 0.352. The molecule has 0 spiro atoms. The van der Waals surface area contributed by atoms with E-state index in [1.807, 2.05) is 0 Å². The van der Waals surface area contributed by atoms with E-state index in [1.54, 1.807) is 4.90 Å². The lowest BCUT2D eigenvalue weighted by atomic mass is 10.1. The minimum atomic E-state index is -2.45. The van der Waals surface area contributed by atoms with Crippen molar-refractivity contribution in [1.29, 1.82) is 0 Å². The lowest BCUT2D eigenvalue weighted by Crippen LogP contribution is -2.49. The summed E-state index contributed by atoms with van der Waals surface area (Å²) in [7, 11) is 2.85. The molecule has 1 aromatic carbocycles. The van der Waals surface area contributed by atoms with Crippen molar-refractivity contribution in [2.24, 2.45) is 0 Å². The number of nitro benzene ring substituents is 1. The van der Waals surface area contributed by atoms with Gasteiger partial charge in [-0.25, -0.2) is 8.78 Å². The van der Waals surface area contributed by atoms with Crippen LogP contribution in [0.1, 0.15) is 10.4 Å². The number of rotatable bonds is 9. The first-order valence-corrected chi connectivity index (χ1v) is 8.65. The second-order valence-electron chi connectivity index (χ2n) is 6.10. The maximum atomic E-state index is 12.8. The smallest absolute Gasteiger partial charge is 0.286 e. The first-order chi connectivity index (χ1) is 13.4. The van der Waals surface area contributed by atoms with E-state index in [2.05, 4.69) is 0 Å². The van der Waals surface area contributed by atoms with Gasteiger partial charge in [-0.05, 0) is 0 Å². The van der Waals surface area contributed by atoms with E-state index in [4.69, 9.17) is 14.2 Å². The summed E-state index contributed by atoms with van der Waals surface area (Å²) in [6.45, 7) is 1.04. The monoisotopic (exact) mass is 403 g/mol. The number of ether oxygens (including phenoxy) is 3. The second kappa shape index (κ2) is 10.1. The van der Waals surface area contributed by atoms with Crippen LogP contribution < -0.4 is 9.47 Å². The molecule has 0 saturated carbocycles. The molecule has 1 heterocycles. The van der Waals surface area contributed by atoms with Crippen LogP contribution >= 0.6 is 0 Å². The van der Waals surface area contributed by atoms with Gasteiger partial charge in [0.2, 0.25) is 0 Å². The summed E-state index contributed by atoms with van der Waals surface area (Å²) < 4.78 is 40.5. The summed E-state index contributed by atoms with van der Waals surface area (Å²) in [5.74, 6) is -0.240. The van der Waals surface area contributed by atoms with Gasteiger partial charge in [0.1, 0.15) is 12.2 Å².